The van der Waals surface area contributed by atoms with E-state index in [2.05, 4.69) is 27.0 Å². The summed E-state index contributed by atoms with van der Waals surface area (Å²) in [6, 6.07) is 13.5. The summed E-state index contributed by atoms with van der Waals surface area (Å²) in [5.41, 5.74) is 8.34. The zero-order valence-electron chi connectivity index (χ0n) is 10.6. The summed E-state index contributed by atoms with van der Waals surface area (Å²) in [4.78, 5) is 4.19. The molecule has 0 fully saturated rings. The molecule has 0 amide bonds. The van der Waals surface area contributed by atoms with Gasteiger partial charge in [-0.05, 0) is 40.8 Å². The summed E-state index contributed by atoms with van der Waals surface area (Å²) in [7, 11) is 0. The largest absolute Gasteiger partial charge is 0.320 e. The van der Waals surface area contributed by atoms with E-state index in [-0.39, 0.29) is 6.04 Å². The van der Waals surface area contributed by atoms with Gasteiger partial charge < -0.3 is 5.73 Å². The van der Waals surface area contributed by atoms with Crippen LogP contribution in [0.5, 0.6) is 0 Å². The lowest BCUT2D eigenvalue weighted by Crippen LogP contribution is -2.13. The lowest BCUT2D eigenvalue weighted by Gasteiger charge is -2.16. The summed E-state index contributed by atoms with van der Waals surface area (Å²) in [6.45, 7) is 0. The summed E-state index contributed by atoms with van der Waals surface area (Å²) >= 11 is 9.74. The molecule has 1 atom stereocenters. The van der Waals surface area contributed by atoms with Gasteiger partial charge in [0.05, 0.1) is 6.04 Å². The minimum atomic E-state index is -0.284. The van der Waals surface area contributed by atoms with Crippen molar-refractivity contribution in [2.45, 2.75) is 6.04 Å². The second-order valence-corrected chi connectivity index (χ2v) is 5.91. The highest BCUT2D eigenvalue weighted by Crippen LogP contribution is 2.32. The summed E-state index contributed by atoms with van der Waals surface area (Å²) in [5, 5.41) is 2.85. The van der Waals surface area contributed by atoms with Gasteiger partial charge in [0.15, 0.2) is 0 Å². The average Bonchev–Trinajstić information content (AvgIpc) is 2.48. The van der Waals surface area contributed by atoms with E-state index in [1.807, 2.05) is 42.6 Å². The lowest BCUT2D eigenvalue weighted by molar-refractivity contribution is 0.879. The normalized spacial score (nSPS) is 12.6. The van der Waals surface area contributed by atoms with Gasteiger partial charge >= 0.3 is 0 Å². The van der Waals surface area contributed by atoms with Crippen LogP contribution in [-0.4, -0.2) is 4.98 Å². The molecule has 4 heteroatoms. The zero-order chi connectivity index (χ0) is 14.1. The third kappa shape index (κ3) is 2.44. The molecule has 100 valence electrons. The van der Waals surface area contributed by atoms with Gasteiger partial charge in [-0.3, -0.25) is 4.98 Å². The Balaban J connectivity index is 2.17. The number of fused-ring (bicyclic) bond motifs is 1. The zero-order valence-corrected chi connectivity index (χ0v) is 12.9. The minimum absolute atomic E-state index is 0.284. The van der Waals surface area contributed by atoms with Gasteiger partial charge in [-0.2, -0.15) is 0 Å². The first-order valence-electron chi connectivity index (χ1n) is 6.20. The fourth-order valence-electron chi connectivity index (χ4n) is 2.33. The van der Waals surface area contributed by atoms with Crippen molar-refractivity contribution in [2.75, 3.05) is 0 Å². The standard InChI is InChI=1S/C16H12BrClN2/c17-11-4-5-15(18)13(8-11)16(19)12-3-1-2-10-6-7-20-9-14(10)12/h1-9,16H,19H2. The summed E-state index contributed by atoms with van der Waals surface area (Å²) in [5.74, 6) is 0. The molecule has 0 radical (unpaired) electrons. The predicted molar refractivity (Wildman–Crippen MR) is 86.9 cm³/mol. The van der Waals surface area contributed by atoms with E-state index in [0.717, 1.165) is 26.4 Å². The van der Waals surface area contributed by atoms with Gasteiger partial charge in [-0.1, -0.05) is 45.7 Å². The quantitative estimate of drug-likeness (QED) is 0.730. The van der Waals surface area contributed by atoms with Gasteiger partial charge in [-0.15, -0.1) is 0 Å². The lowest BCUT2D eigenvalue weighted by atomic mass is 9.95. The maximum Gasteiger partial charge on any atom is 0.0573 e. The molecule has 0 aliphatic rings. The first kappa shape index (κ1) is 13.6. The topological polar surface area (TPSA) is 38.9 Å². The van der Waals surface area contributed by atoms with Crippen molar-refractivity contribution in [1.29, 1.82) is 0 Å². The predicted octanol–water partition coefficient (Wildman–Crippen LogP) is 4.70. The first-order valence-corrected chi connectivity index (χ1v) is 7.37. The third-order valence-electron chi connectivity index (χ3n) is 3.35. The van der Waals surface area contributed by atoms with E-state index < -0.39 is 0 Å². The monoisotopic (exact) mass is 346 g/mol. The molecule has 0 saturated carbocycles. The van der Waals surface area contributed by atoms with Gasteiger partial charge in [0.2, 0.25) is 0 Å². The van der Waals surface area contributed by atoms with Crippen molar-refractivity contribution in [3.63, 3.8) is 0 Å². The van der Waals surface area contributed by atoms with Gasteiger partial charge in [0, 0.05) is 27.3 Å². The Morgan fingerprint density at radius 1 is 1.10 bits per heavy atom. The molecular weight excluding hydrogens is 336 g/mol. The Hall–Kier alpha value is -1.42. The van der Waals surface area contributed by atoms with Crippen LogP contribution in [0, 0.1) is 0 Å². The van der Waals surface area contributed by atoms with Crippen molar-refractivity contribution in [3.8, 4) is 0 Å². The van der Waals surface area contributed by atoms with Crippen molar-refractivity contribution in [2.24, 2.45) is 5.73 Å². The van der Waals surface area contributed by atoms with Crippen molar-refractivity contribution in [3.05, 3.63) is 75.5 Å². The van der Waals surface area contributed by atoms with Crippen LogP contribution in [0.4, 0.5) is 0 Å². The number of hydrogen-bond donors (Lipinski definition) is 1. The minimum Gasteiger partial charge on any atom is -0.320 e. The van der Waals surface area contributed by atoms with E-state index in [9.17, 15) is 0 Å². The SMILES string of the molecule is NC(c1cc(Br)ccc1Cl)c1cccc2ccncc12. The van der Waals surface area contributed by atoms with Crippen LogP contribution >= 0.6 is 27.5 Å². The fraction of sp³-hybridized carbons (Fsp3) is 0.0625. The molecule has 0 aliphatic carbocycles. The Kier molecular flexibility index (Phi) is 3.74. The second kappa shape index (κ2) is 5.52. The molecule has 0 spiro atoms. The molecule has 20 heavy (non-hydrogen) atoms. The smallest absolute Gasteiger partial charge is 0.0573 e. The van der Waals surface area contributed by atoms with E-state index in [0.29, 0.717) is 5.02 Å². The van der Waals surface area contributed by atoms with Crippen LogP contribution < -0.4 is 5.73 Å². The van der Waals surface area contributed by atoms with Crippen LogP contribution in [0.2, 0.25) is 5.02 Å². The van der Waals surface area contributed by atoms with Crippen molar-refractivity contribution in [1.82, 2.24) is 4.98 Å². The number of nitrogens with zero attached hydrogens (tertiary/aromatic N) is 1. The molecule has 0 aliphatic heterocycles. The summed E-state index contributed by atoms with van der Waals surface area (Å²) < 4.78 is 0.964. The molecule has 1 aromatic heterocycles. The number of hydrogen-bond acceptors (Lipinski definition) is 2. The first-order chi connectivity index (χ1) is 9.66. The van der Waals surface area contributed by atoms with Crippen molar-refractivity contribution >= 4 is 38.3 Å². The number of rotatable bonds is 2. The van der Waals surface area contributed by atoms with E-state index in [1.165, 1.54) is 0 Å². The molecule has 3 aromatic rings. The number of aromatic nitrogens is 1. The van der Waals surface area contributed by atoms with Gasteiger partial charge in [0.1, 0.15) is 0 Å². The molecule has 1 heterocycles. The van der Waals surface area contributed by atoms with Crippen molar-refractivity contribution < 1.29 is 0 Å². The molecule has 2 N–H and O–H groups in total. The molecular formula is C16H12BrClN2. The molecule has 2 nitrogen and oxygen atoms in total. The van der Waals surface area contributed by atoms with E-state index >= 15 is 0 Å². The second-order valence-electron chi connectivity index (χ2n) is 4.59. The Morgan fingerprint density at radius 3 is 2.80 bits per heavy atom. The third-order valence-corrected chi connectivity index (χ3v) is 4.18. The van der Waals surface area contributed by atoms with Crippen LogP contribution in [-0.2, 0) is 0 Å². The van der Waals surface area contributed by atoms with E-state index in [1.54, 1.807) is 6.20 Å². The average molecular weight is 348 g/mol. The van der Waals surface area contributed by atoms with Crippen LogP contribution in [0.15, 0.2) is 59.3 Å². The number of halogens is 2. The molecule has 1 unspecified atom stereocenters. The van der Waals surface area contributed by atoms with Crippen LogP contribution in [0.1, 0.15) is 17.2 Å². The molecule has 3 rings (SSSR count). The van der Waals surface area contributed by atoms with Crippen LogP contribution in [0.25, 0.3) is 10.8 Å². The molecule has 0 bridgehead atoms. The van der Waals surface area contributed by atoms with Crippen LogP contribution in [0.3, 0.4) is 0 Å². The molecule has 0 saturated heterocycles. The summed E-state index contributed by atoms with van der Waals surface area (Å²) in [6.07, 6.45) is 3.63. The Labute approximate surface area is 130 Å². The Bertz CT molecular complexity index is 768. The highest BCUT2D eigenvalue weighted by Gasteiger charge is 2.15. The number of pyridine rings is 1. The molecule has 2 aromatic carbocycles. The highest BCUT2D eigenvalue weighted by atomic mass is 79.9. The number of benzene rings is 2. The van der Waals surface area contributed by atoms with Gasteiger partial charge in [0.25, 0.3) is 0 Å². The van der Waals surface area contributed by atoms with E-state index in [4.69, 9.17) is 17.3 Å². The van der Waals surface area contributed by atoms with Gasteiger partial charge in [-0.25, -0.2) is 0 Å². The number of nitrogens with two attached hydrogens (primary N) is 1. The maximum atomic E-state index is 6.42. The maximum absolute atomic E-state index is 6.42. The fourth-order valence-corrected chi connectivity index (χ4v) is 2.94. The highest BCUT2D eigenvalue weighted by molar-refractivity contribution is 9.10. The Morgan fingerprint density at radius 2 is 1.95 bits per heavy atom.